The fraction of sp³-hybridized carbons (Fsp3) is 0.296. The Hall–Kier alpha value is -4.57. The Morgan fingerprint density at radius 2 is 1.84 bits per heavy atom. The number of aromatic amines is 1. The van der Waals surface area contributed by atoms with Crippen LogP contribution >= 0.6 is 11.6 Å². The van der Waals surface area contributed by atoms with Crippen molar-refractivity contribution in [2.75, 3.05) is 36.5 Å². The zero-order chi connectivity index (χ0) is 31.4. The number of ether oxygens (including phenoxy) is 1. The molecule has 0 radical (unpaired) electrons. The van der Waals surface area contributed by atoms with Gasteiger partial charge in [0.15, 0.2) is 28.6 Å². The van der Waals surface area contributed by atoms with Gasteiger partial charge in [-0.15, -0.1) is 0 Å². The average molecular weight is 639 g/mol. The first-order chi connectivity index (χ1) is 21.0. The lowest BCUT2D eigenvalue weighted by Gasteiger charge is -2.27. The molecule has 232 valence electrons. The number of nitrogens with one attached hydrogen (secondary N) is 2. The summed E-state index contributed by atoms with van der Waals surface area (Å²) in [6, 6.07) is 10.3. The molecule has 1 fully saturated rings. The van der Waals surface area contributed by atoms with Crippen molar-refractivity contribution in [1.29, 1.82) is 0 Å². The molecule has 1 saturated heterocycles. The lowest BCUT2D eigenvalue weighted by molar-refractivity contribution is -0.192. The minimum atomic E-state index is -5.08. The van der Waals surface area contributed by atoms with Crippen molar-refractivity contribution < 1.29 is 36.6 Å². The number of aliphatic carboxylic acids is 1. The number of halogens is 6. The van der Waals surface area contributed by atoms with Gasteiger partial charge < -0.3 is 29.6 Å². The Morgan fingerprint density at radius 1 is 1.09 bits per heavy atom. The Labute approximate surface area is 250 Å². The van der Waals surface area contributed by atoms with Gasteiger partial charge in [-0.25, -0.2) is 23.5 Å². The minimum Gasteiger partial charge on any atom is -0.475 e. The molecule has 17 heteroatoms. The highest BCUT2D eigenvalue weighted by Gasteiger charge is 2.38. The van der Waals surface area contributed by atoms with Gasteiger partial charge in [-0.2, -0.15) is 23.1 Å². The molecule has 11 nitrogen and oxygen atoms in total. The molecule has 0 unspecified atom stereocenters. The van der Waals surface area contributed by atoms with Crippen molar-refractivity contribution in [2.24, 2.45) is 0 Å². The molecule has 0 amide bonds. The first-order valence-corrected chi connectivity index (χ1v) is 13.5. The zero-order valence-corrected chi connectivity index (χ0v) is 23.5. The molecule has 3 aromatic heterocycles. The summed E-state index contributed by atoms with van der Waals surface area (Å²) in [5, 5.41) is 11.1. The van der Waals surface area contributed by atoms with Crippen LogP contribution in [0, 0.1) is 11.6 Å². The topological polar surface area (TPSA) is 134 Å². The van der Waals surface area contributed by atoms with Crippen molar-refractivity contribution in [1.82, 2.24) is 29.5 Å². The van der Waals surface area contributed by atoms with E-state index in [1.54, 1.807) is 6.33 Å². The van der Waals surface area contributed by atoms with Gasteiger partial charge in [-0.1, -0.05) is 23.7 Å². The van der Waals surface area contributed by atoms with E-state index >= 15 is 0 Å². The lowest BCUT2D eigenvalue weighted by atomic mass is 10.1. The summed E-state index contributed by atoms with van der Waals surface area (Å²) in [6.07, 6.45) is -2.58. The van der Waals surface area contributed by atoms with Gasteiger partial charge >= 0.3 is 12.1 Å². The number of carbonyl (C=O) groups is 1. The van der Waals surface area contributed by atoms with Gasteiger partial charge in [0.25, 0.3) is 0 Å². The maximum atomic E-state index is 14.1. The second kappa shape index (κ2) is 13.0. The molecule has 0 bridgehead atoms. The normalized spacial score (nSPS) is 13.6. The molecule has 1 aliphatic rings. The highest BCUT2D eigenvalue weighted by atomic mass is 35.5. The van der Waals surface area contributed by atoms with E-state index < -0.39 is 23.8 Å². The monoisotopic (exact) mass is 638 g/mol. The average Bonchev–Trinajstić information content (AvgIpc) is 3.61. The van der Waals surface area contributed by atoms with Gasteiger partial charge in [-0.3, -0.25) is 0 Å². The summed E-state index contributed by atoms with van der Waals surface area (Å²) in [4.78, 5) is 32.4. The fourth-order valence-corrected chi connectivity index (χ4v) is 4.60. The van der Waals surface area contributed by atoms with E-state index in [0.29, 0.717) is 72.1 Å². The summed E-state index contributed by atoms with van der Waals surface area (Å²) in [7, 11) is 0. The summed E-state index contributed by atoms with van der Waals surface area (Å²) in [6.45, 7) is 3.41. The Kier molecular flexibility index (Phi) is 9.10. The molecule has 0 spiro atoms. The molecule has 6 rings (SSSR count). The lowest BCUT2D eigenvalue weighted by Crippen LogP contribution is -2.37. The van der Waals surface area contributed by atoms with Gasteiger partial charge in [0.1, 0.15) is 11.3 Å². The molecule has 44 heavy (non-hydrogen) atoms. The van der Waals surface area contributed by atoms with Gasteiger partial charge in [0.05, 0.1) is 31.6 Å². The van der Waals surface area contributed by atoms with Crippen molar-refractivity contribution >= 4 is 51.5 Å². The van der Waals surface area contributed by atoms with E-state index in [-0.39, 0.29) is 12.1 Å². The Bertz CT molecular complexity index is 1790. The fourth-order valence-electron chi connectivity index (χ4n) is 4.39. The van der Waals surface area contributed by atoms with Crippen LogP contribution in [0.1, 0.15) is 11.4 Å². The predicted octanol–water partition coefficient (Wildman–Crippen LogP) is 4.96. The Morgan fingerprint density at radius 3 is 2.55 bits per heavy atom. The second-order valence-electron chi connectivity index (χ2n) is 9.56. The molecule has 0 saturated carbocycles. The molecular weight excluding hydrogens is 615 g/mol. The predicted molar refractivity (Wildman–Crippen MR) is 151 cm³/mol. The number of rotatable bonds is 7. The zero-order valence-electron chi connectivity index (χ0n) is 22.7. The number of hydrogen-bond donors (Lipinski definition) is 3. The highest BCUT2D eigenvalue weighted by molar-refractivity contribution is 6.30. The van der Waals surface area contributed by atoms with Gasteiger partial charge in [-0.05, 0) is 36.2 Å². The second-order valence-corrected chi connectivity index (χ2v) is 10.00. The van der Waals surface area contributed by atoms with E-state index in [1.165, 1.54) is 6.07 Å². The molecule has 0 atom stereocenters. The first kappa shape index (κ1) is 30.9. The van der Waals surface area contributed by atoms with Crippen LogP contribution in [-0.2, 0) is 29.0 Å². The summed E-state index contributed by atoms with van der Waals surface area (Å²) in [5.74, 6) is -3.13. The Balaban J connectivity index is 0.000000493. The van der Waals surface area contributed by atoms with Crippen LogP contribution in [0.2, 0.25) is 5.02 Å². The number of alkyl halides is 3. The number of imidazole rings is 2. The number of anilines is 2. The number of carboxylic acid groups (broad SMARTS) is 1. The van der Waals surface area contributed by atoms with E-state index in [1.807, 2.05) is 28.8 Å². The third-order valence-electron chi connectivity index (χ3n) is 6.54. The number of hydrogen-bond acceptors (Lipinski definition) is 8. The van der Waals surface area contributed by atoms with E-state index in [2.05, 4.69) is 25.2 Å². The van der Waals surface area contributed by atoms with Gasteiger partial charge in [0, 0.05) is 24.7 Å². The van der Waals surface area contributed by atoms with Crippen LogP contribution in [0.5, 0.6) is 0 Å². The van der Waals surface area contributed by atoms with Crippen molar-refractivity contribution in [2.45, 2.75) is 25.7 Å². The number of fused-ring (bicyclic) bond motifs is 2. The molecule has 5 aromatic rings. The standard InChI is InChI=1S/C25H23ClF2N8O.C2HF3O2/c26-16-3-1-2-15(12-16)6-7-36-14-30-22-23(33-25(34-24(22)36)35-8-10-37-11-9-35)29-13-19-31-18-5-4-17(27)20(28)21(18)32-19;3-2(4,5)1(6)7/h1-5,12,14H,6-11,13H2,(H,31,32)(H,29,33,34);(H,6,7). The van der Waals surface area contributed by atoms with Crippen LogP contribution in [0.3, 0.4) is 0 Å². The van der Waals surface area contributed by atoms with Crippen LogP contribution < -0.4 is 10.2 Å². The third-order valence-corrected chi connectivity index (χ3v) is 6.77. The summed E-state index contributed by atoms with van der Waals surface area (Å²) in [5.41, 5.74) is 2.80. The summed E-state index contributed by atoms with van der Waals surface area (Å²) >= 11 is 6.14. The van der Waals surface area contributed by atoms with Gasteiger partial charge in [0.2, 0.25) is 5.95 Å². The van der Waals surface area contributed by atoms with Crippen LogP contribution in [0.4, 0.5) is 33.7 Å². The SMILES string of the molecule is Fc1ccc2[nH]c(CNc3nc(N4CCOCC4)nc4c3ncn4CCc3cccc(Cl)c3)nc2c1F.O=C(O)C(F)(F)F. The molecule has 1 aliphatic heterocycles. The molecule has 3 N–H and O–H groups in total. The molecule has 2 aromatic carbocycles. The minimum absolute atomic E-state index is 0.0380. The number of morpholine rings is 1. The maximum absolute atomic E-state index is 14.1. The van der Waals surface area contributed by atoms with Crippen molar-refractivity contribution in [3.05, 3.63) is 70.8 Å². The van der Waals surface area contributed by atoms with Crippen molar-refractivity contribution in [3.63, 3.8) is 0 Å². The maximum Gasteiger partial charge on any atom is 0.490 e. The van der Waals surface area contributed by atoms with Crippen molar-refractivity contribution in [3.8, 4) is 0 Å². The smallest absolute Gasteiger partial charge is 0.475 e. The molecule has 0 aliphatic carbocycles. The molecular formula is C27H24ClF5N8O3. The molecule has 4 heterocycles. The van der Waals surface area contributed by atoms with Crippen LogP contribution in [0.15, 0.2) is 42.7 Å². The van der Waals surface area contributed by atoms with E-state index in [9.17, 15) is 22.0 Å². The number of benzene rings is 2. The van der Waals surface area contributed by atoms with Crippen LogP contribution in [-0.4, -0.2) is 73.0 Å². The largest absolute Gasteiger partial charge is 0.490 e. The quantitative estimate of drug-likeness (QED) is 0.212. The first-order valence-electron chi connectivity index (χ1n) is 13.2. The number of aromatic nitrogens is 6. The number of carboxylic acids is 1. The number of nitrogens with zero attached hydrogens (tertiary/aromatic N) is 6. The van der Waals surface area contributed by atoms with E-state index in [0.717, 1.165) is 18.1 Å². The van der Waals surface area contributed by atoms with E-state index in [4.69, 9.17) is 36.2 Å². The third kappa shape index (κ3) is 7.14. The van der Waals surface area contributed by atoms with Crippen LogP contribution in [0.25, 0.3) is 22.2 Å². The number of aryl methyl sites for hydroxylation is 2. The highest BCUT2D eigenvalue weighted by Crippen LogP contribution is 2.25. The number of H-pyrrole nitrogens is 1. The summed E-state index contributed by atoms with van der Waals surface area (Å²) < 4.78 is 66.9.